The molecular formula is C26H38N4O. The van der Waals surface area contributed by atoms with Gasteiger partial charge in [-0.25, -0.2) is 0 Å². The summed E-state index contributed by atoms with van der Waals surface area (Å²) in [5.74, 6) is 0.745. The first kappa shape index (κ1) is 21.4. The summed E-state index contributed by atoms with van der Waals surface area (Å²) in [4.78, 5) is 7.11. The van der Waals surface area contributed by atoms with Gasteiger partial charge in [0.2, 0.25) is 0 Å². The fourth-order valence-electron chi connectivity index (χ4n) is 6.61. The summed E-state index contributed by atoms with van der Waals surface area (Å²) in [6.45, 7) is 2.64. The second-order valence-electron chi connectivity index (χ2n) is 11.1. The minimum Gasteiger partial charge on any atom is -0.365 e. The molecule has 1 N–H and O–H groups in total. The van der Waals surface area contributed by atoms with Crippen LogP contribution in [0.25, 0.3) is 0 Å². The summed E-state index contributed by atoms with van der Waals surface area (Å²) in [5, 5.41) is 21.2. The molecule has 1 aromatic carbocycles. The molecule has 0 aromatic heterocycles. The number of nitriles is 1. The number of hydrogen-bond donors (Lipinski definition) is 1. The lowest BCUT2D eigenvalue weighted by atomic mass is 9.67. The lowest BCUT2D eigenvalue weighted by Gasteiger charge is -2.51. The van der Waals surface area contributed by atoms with Crippen LogP contribution in [-0.2, 0) is 5.54 Å². The Labute approximate surface area is 187 Å². The molecule has 5 nitrogen and oxygen atoms in total. The number of hydrogen-bond acceptors (Lipinski definition) is 5. The topological polar surface area (TPSA) is 53.7 Å². The maximum Gasteiger partial charge on any atom is 0.166 e. The normalized spacial score (nSPS) is 35.9. The molecular weight excluding hydrogens is 384 g/mol. The number of benzene rings is 1. The van der Waals surface area contributed by atoms with E-state index in [1.807, 2.05) is 0 Å². The largest absolute Gasteiger partial charge is 0.365 e. The standard InChI is InChI=1S/C26H38N4O/c1-28(2)26(22-7-4-3-5-8-22)15-13-25(14-16-26)20-29(19-24(18-27)11-6-12-24)23(31)30(25)17-21-9-10-21/h3-5,7-8,21,23,31H,6,9-17,19-20H2,1-2H3/t23?,25-,26+. The zero-order chi connectivity index (χ0) is 21.7. The Kier molecular flexibility index (Phi) is 5.42. The van der Waals surface area contributed by atoms with Crippen LogP contribution < -0.4 is 0 Å². The molecule has 1 spiro atoms. The van der Waals surface area contributed by atoms with Gasteiger partial charge in [0.1, 0.15) is 0 Å². The van der Waals surface area contributed by atoms with Gasteiger partial charge in [0.25, 0.3) is 0 Å². The highest BCUT2D eigenvalue weighted by atomic mass is 16.3. The fraction of sp³-hybridized carbons (Fsp3) is 0.731. The van der Waals surface area contributed by atoms with Gasteiger partial charge in [0.15, 0.2) is 6.35 Å². The van der Waals surface area contributed by atoms with Gasteiger partial charge in [-0.15, -0.1) is 0 Å². The van der Waals surface area contributed by atoms with Gasteiger partial charge < -0.3 is 5.11 Å². The van der Waals surface area contributed by atoms with Crippen molar-refractivity contribution in [2.24, 2.45) is 11.3 Å². The Morgan fingerprint density at radius 3 is 2.26 bits per heavy atom. The smallest absolute Gasteiger partial charge is 0.166 e. The minimum absolute atomic E-state index is 0.0384. The van der Waals surface area contributed by atoms with E-state index in [1.165, 1.54) is 18.4 Å². The molecule has 4 aliphatic rings. The molecule has 4 fully saturated rings. The summed E-state index contributed by atoms with van der Waals surface area (Å²) in [7, 11) is 4.44. The molecule has 1 aliphatic heterocycles. The van der Waals surface area contributed by atoms with E-state index in [0.29, 0.717) is 0 Å². The van der Waals surface area contributed by atoms with Gasteiger partial charge in [-0.2, -0.15) is 5.26 Å². The Bertz CT molecular complexity index is 816. The van der Waals surface area contributed by atoms with Crippen LogP contribution in [0.5, 0.6) is 0 Å². The van der Waals surface area contributed by atoms with E-state index in [0.717, 1.165) is 70.5 Å². The molecule has 5 rings (SSSR count). The van der Waals surface area contributed by atoms with E-state index in [4.69, 9.17) is 0 Å². The molecule has 3 aliphatic carbocycles. The quantitative estimate of drug-likeness (QED) is 0.757. The number of rotatable bonds is 6. The van der Waals surface area contributed by atoms with Crippen molar-refractivity contribution in [3.8, 4) is 6.07 Å². The lowest BCUT2D eigenvalue weighted by Crippen LogP contribution is -2.56. The van der Waals surface area contributed by atoms with E-state index in [1.54, 1.807) is 0 Å². The third-order valence-electron chi connectivity index (χ3n) is 9.09. The van der Waals surface area contributed by atoms with E-state index >= 15 is 0 Å². The fourth-order valence-corrected chi connectivity index (χ4v) is 6.61. The zero-order valence-corrected chi connectivity index (χ0v) is 19.3. The third kappa shape index (κ3) is 3.62. The van der Waals surface area contributed by atoms with Crippen LogP contribution in [0.4, 0.5) is 0 Å². The average molecular weight is 423 g/mol. The van der Waals surface area contributed by atoms with Crippen LogP contribution in [0.1, 0.15) is 63.4 Å². The van der Waals surface area contributed by atoms with Crippen LogP contribution in [0.15, 0.2) is 30.3 Å². The molecule has 168 valence electrons. The number of aliphatic hydroxyl groups excluding tert-OH is 1. The van der Waals surface area contributed by atoms with Gasteiger partial charge in [0, 0.05) is 30.7 Å². The number of nitrogens with zero attached hydrogens (tertiary/aromatic N) is 4. The first-order valence-corrected chi connectivity index (χ1v) is 12.3. The third-order valence-corrected chi connectivity index (χ3v) is 9.09. The zero-order valence-electron chi connectivity index (χ0n) is 19.3. The molecule has 1 unspecified atom stereocenters. The molecule has 1 heterocycles. The van der Waals surface area contributed by atoms with Crippen molar-refractivity contribution in [2.45, 2.75) is 75.2 Å². The highest BCUT2D eigenvalue weighted by Gasteiger charge is 2.56. The van der Waals surface area contributed by atoms with Crippen molar-refractivity contribution in [3.63, 3.8) is 0 Å². The molecule has 1 saturated heterocycles. The second kappa shape index (κ2) is 7.85. The SMILES string of the molecule is CN(C)[C@]1(c2ccccc2)CC[C@]2(CC1)CN(CC1(C#N)CCC1)C(O)N2CC1CC1. The van der Waals surface area contributed by atoms with Crippen molar-refractivity contribution in [3.05, 3.63) is 35.9 Å². The lowest BCUT2D eigenvalue weighted by molar-refractivity contribution is -0.102. The summed E-state index contributed by atoms with van der Waals surface area (Å²) in [6, 6.07) is 13.6. The van der Waals surface area contributed by atoms with Gasteiger partial charge in [-0.1, -0.05) is 36.8 Å². The molecule has 0 amide bonds. The van der Waals surface area contributed by atoms with Crippen molar-refractivity contribution in [1.29, 1.82) is 5.26 Å². The molecule has 0 radical (unpaired) electrons. The highest BCUT2D eigenvalue weighted by molar-refractivity contribution is 5.27. The van der Waals surface area contributed by atoms with Crippen LogP contribution in [0.3, 0.4) is 0 Å². The van der Waals surface area contributed by atoms with Crippen molar-refractivity contribution < 1.29 is 5.11 Å². The Balaban J connectivity index is 1.39. The van der Waals surface area contributed by atoms with Crippen LogP contribution in [0, 0.1) is 22.7 Å². The summed E-state index contributed by atoms with van der Waals surface area (Å²) >= 11 is 0. The Morgan fingerprint density at radius 1 is 1.06 bits per heavy atom. The van der Waals surface area contributed by atoms with Gasteiger partial charge in [-0.3, -0.25) is 14.7 Å². The number of aliphatic hydroxyl groups is 1. The Hall–Kier alpha value is -1.45. The summed E-state index contributed by atoms with van der Waals surface area (Å²) in [6.07, 6.45) is 9.59. The highest BCUT2D eigenvalue weighted by Crippen LogP contribution is 2.51. The van der Waals surface area contributed by atoms with Gasteiger partial charge >= 0.3 is 0 Å². The monoisotopic (exact) mass is 422 g/mol. The van der Waals surface area contributed by atoms with Crippen LogP contribution >= 0.6 is 0 Å². The van der Waals surface area contributed by atoms with Gasteiger partial charge in [-0.05, 0) is 76.9 Å². The molecule has 31 heavy (non-hydrogen) atoms. The van der Waals surface area contributed by atoms with Crippen LogP contribution in [0.2, 0.25) is 0 Å². The molecule has 1 atom stereocenters. The minimum atomic E-state index is -0.532. The van der Waals surface area contributed by atoms with Crippen molar-refractivity contribution >= 4 is 0 Å². The second-order valence-corrected chi connectivity index (χ2v) is 11.1. The Morgan fingerprint density at radius 2 is 1.74 bits per heavy atom. The molecule has 1 aromatic rings. The first-order valence-electron chi connectivity index (χ1n) is 12.3. The predicted molar refractivity (Wildman–Crippen MR) is 122 cm³/mol. The predicted octanol–water partition coefficient (Wildman–Crippen LogP) is 3.75. The summed E-state index contributed by atoms with van der Waals surface area (Å²) < 4.78 is 0. The summed E-state index contributed by atoms with van der Waals surface area (Å²) in [5.41, 5.74) is 1.29. The van der Waals surface area contributed by atoms with E-state index in [-0.39, 0.29) is 16.5 Å². The first-order chi connectivity index (χ1) is 14.9. The van der Waals surface area contributed by atoms with E-state index in [2.05, 4.69) is 65.2 Å². The van der Waals surface area contributed by atoms with E-state index in [9.17, 15) is 10.4 Å². The van der Waals surface area contributed by atoms with Crippen molar-refractivity contribution in [1.82, 2.24) is 14.7 Å². The molecule has 3 saturated carbocycles. The van der Waals surface area contributed by atoms with Crippen LogP contribution in [-0.4, -0.2) is 65.4 Å². The van der Waals surface area contributed by atoms with E-state index < -0.39 is 6.35 Å². The maximum absolute atomic E-state index is 11.4. The average Bonchev–Trinajstić information content (AvgIpc) is 3.55. The maximum atomic E-state index is 11.4. The van der Waals surface area contributed by atoms with Crippen molar-refractivity contribution in [2.75, 3.05) is 33.7 Å². The van der Waals surface area contributed by atoms with Gasteiger partial charge in [0.05, 0.1) is 11.5 Å². The molecule has 5 heteroatoms. The molecule has 0 bridgehead atoms.